The predicted octanol–water partition coefficient (Wildman–Crippen LogP) is 4.62. The van der Waals surface area contributed by atoms with Gasteiger partial charge < -0.3 is 4.52 Å². The molecule has 1 aromatic rings. The van der Waals surface area contributed by atoms with E-state index in [1.165, 1.54) is 31.2 Å². The summed E-state index contributed by atoms with van der Waals surface area (Å²) in [6.07, 6.45) is -3.79. The molecule has 4 nitrogen and oxygen atoms in total. The number of hydrogen-bond donors (Lipinski definition) is 1. The molecule has 0 aliphatic heterocycles. The highest BCUT2D eigenvalue weighted by atomic mass is 35.5. The molecule has 0 aliphatic rings. The molecule has 0 saturated carbocycles. The van der Waals surface area contributed by atoms with Crippen LogP contribution in [0.4, 0.5) is 17.6 Å². The first kappa shape index (κ1) is 21.5. The second kappa shape index (κ2) is 8.98. The van der Waals surface area contributed by atoms with Crippen molar-refractivity contribution in [2.24, 2.45) is 0 Å². The molecule has 0 spiro atoms. The summed E-state index contributed by atoms with van der Waals surface area (Å²) in [7, 11) is -4.37. The first-order valence-corrected chi connectivity index (χ1v) is 8.21. The summed E-state index contributed by atoms with van der Waals surface area (Å²) in [6.45, 7) is 1.38. The molecule has 11 heteroatoms. The van der Waals surface area contributed by atoms with Crippen LogP contribution in [0.25, 0.3) is 0 Å². The lowest BCUT2D eigenvalue weighted by atomic mass is 10.3. The van der Waals surface area contributed by atoms with E-state index in [-0.39, 0.29) is 29.7 Å². The summed E-state index contributed by atoms with van der Waals surface area (Å²) < 4.78 is 70.6. The zero-order valence-corrected chi connectivity index (χ0v) is 13.8. The van der Waals surface area contributed by atoms with Crippen LogP contribution in [0.2, 0.25) is 0 Å². The van der Waals surface area contributed by atoms with Gasteiger partial charge >= 0.3 is 20.2 Å². The van der Waals surface area contributed by atoms with Crippen LogP contribution >= 0.6 is 32.0 Å². The minimum absolute atomic E-state index is 0. The highest BCUT2D eigenvalue weighted by Gasteiger charge is 2.40. The van der Waals surface area contributed by atoms with E-state index in [2.05, 4.69) is 4.52 Å². The second-order valence-electron chi connectivity index (χ2n) is 3.77. The lowest BCUT2D eigenvalue weighted by Gasteiger charge is -2.17. The maximum absolute atomic E-state index is 12.9. The van der Waals surface area contributed by atoms with Gasteiger partial charge in [-0.05, 0) is 19.1 Å². The van der Waals surface area contributed by atoms with Crippen LogP contribution in [0.1, 0.15) is 6.92 Å². The highest BCUT2D eigenvalue weighted by Crippen LogP contribution is 2.46. The standard InChI is InChI=1S/C11H13F4O4PS.ClH/c1-2-18-20(16,17)19-8-5-3-4-6-9(8)21-7-11(14,15)10(12)13;/h3-6,10H,2,7H2,1H3,(H,16,17);1H. The summed E-state index contributed by atoms with van der Waals surface area (Å²) in [4.78, 5) is 9.38. The summed E-state index contributed by atoms with van der Waals surface area (Å²) in [5.41, 5.74) is 0. The largest absolute Gasteiger partial charge is 0.527 e. The zero-order valence-electron chi connectivity index (χ0n) is 11.2. The van der Waals surface area contributed by atoms with Crippen LogP contribution in [0.5, 0.6) is 5.75 Å². The molecule has 0 saturated heterocycles. The van der Waals surface area contributed by atoms with Crippen molar-refractivity contribution < 1.29 is 36.1 Å². The summed E-state index contributed by atoms with van der Waals surface area (Å²) in [5.74, 6) is -5.54. The first-order chi connectivity index (χ1) is 9.68. The fourth-order valence-corrected chi connectivity index (χ4v) is 2.94. The van der Waals surface area contributed by atoms with Crippen LogP contribution in [-0.4, -0.2) is 29.6 Å². The van der Waals surface area contributed by atoms with Gasteiger partial charge in [-0.15, -0.1) is 24.2 Å². The summed E-state index contributed by atoms with van der Waals surface area (Å²) >= 11 is 0.398. The number of phosphoric acid groups is 1. The molecule has 1 rings (SSSR count). The van der Waals surface area contributed by atoms with Crippen molar-refractivity contribution in [1.29, 1.82) is 0 Å². The first-order valence-electron chi connectivity index (χ1n) is 5.72. The normalized spacial score (nSPS) is 14.3. The number of halogens is 5. The fraction of sp³-hybridized carbons (Fsp3) is 0.455. The topological polar surface area (TPSA) is 55.8 Å². The lowest BCUT2D eigenvalue weighted by Crippen LogP contribution is -2.29. The third-order valence-corrected chi connectivity index (χ3v) is 4.28. The van der Waals surface area contributed by atoms with Crippen molar-refractivity contribution in [3.63, 3.8) is 0 Å². The van der Waals surface area contributed by atoms with E-state index in [0.29, 0.717) is 11.8 Å². The lowest BCUT2D eigenvalue weighted by molar-refractivity contribution is -0.109. The molecule has 0 aliphatic carbocycles. The average Bonchev–Trinajstić information content (AvgIpc) is 2.37. The van der Waals surface area contributed by atoms with Gasteiger partial charge in [-0.2, -0.15) is 8.78 Å². The van der Waals surface area contributed by atoms with Gasteiger partial charge in [-0.25, -0.2) is 13.3 Å². The van der Waals surface area contributed by atoms with Gasteiger partial charge in [0.2, 0.25) is 0 Å². The maximum atomic E-state index is 12.9. The van der Waals surface area contributed by atoms with E-state index >= 15 is 0 Å². The molecule has 0 fully saturated rings. The third kappa shape index (κ3) is 6.75. The smallest absolute Gasteiger partial charge is 0.403 e. The Morgan fingerprint density at radius 3 is 2.50 bits per heavy atom. The Bertz CT molecular complexity index is 521. The van der Waals surface area contributed by atoms with Crippen molar-refractivity contribution >= 4 is 32.0 Å². The van der Waals surface area contributed by atoms with E-state index in [0.717, 1.165) is 0 Å². The molecule has 128 valence electrons. The van der Waals surface area contributed by atoms with Gasteiger partial charge in [0, 0.05) is 0 Å². The molecule has 0 heterocycles. The molecule has 1 atom stereocenters. The van der Waals surface area contributed by atoms with E-state index in [4.69, 9.17) is 4.52 Å². The van der Waals surface area contributed by atoms with Crippen molar-refractivity contribution in [3.05, 3.63) is 24.3 Å². The Morgan fingerprint density at radius 2 is 1.95 bits per heavy atom. The van der Waals surface area contributed by atoms with Gasteiger partial charge in [-0.1, -0.05) is 12.1 Å². The molecule has 1 N–H and O–H groups in total. The number of hydrogen-bond acceptors (Lipinski definition) is 4. The van der Waals surface area contributed by atoms with Crippen LogP contribution in [0, 0.1) is 0 Å². The van der Waals surface area contributed by atoms with Crippen LogP contribution < -0.4 is 4.52 Å². The SMILES string of the molecule is CCOP(=O)(O)Oc1ccccc1SCC(F)(F)C(F)F.Cl. The Kier molecular flexibility index (Phi) is 8.79. The van der Waals surface area contributed by atoms with Crippen molar-refractivity contribution in [2.45, 2.75) is 24.2 Å². The molecule has 1 aromatic carbocycles. The molecule has 0 radical (unpaired) electrons. The quantitative estimate of drug-likeness (QED) is 0.403. The highest BCUT2D eigenvalue weighted by molar-refractivity contribution is 7.99. The Morgan fingerprint density at radius 1 is 1.36 bits per heavy atom. The number of benzene rings is 1. The van der Waals surface area contributed by atoms with E-state index in [9.17, 15) is 27.0 Å². The van der Waals surface area contributed by atoms with Crippen LogP contribution in [-0.2, 0) is 9.09 Å². The van der Waals surface area contributed by atoms with E-state index < -0.39 is 25.9 Å². The van der Waals surface area contributed by atoms with E-state index in [1.54, 1.807) is 0 Å². The molecule has 0 bridgehead atoms. The second-order valence-corrected chi connectivity index (χ2v) is 6.17. The summed E-state index contributed by atoms with van der Waals surface area (Å²) in [5, 5.41) is 0. The van der Waals surface area contributed by atoms with E-state index in [1.807, 2.05) is 0 Å². The zero-order chi connectivity index (χ0) is 16.1. The van der Waals surface area contributed by atoms with Crippen LogP contribution in [0.15, 0.2) is 29.2 Å². The minimum atomic E-state index is -4.37. The van der Waals surface area contributed by atoms with Gasteiger partial charge in [0.15, 0.2) is 0 Å². The molecule has 22 heavy (non-hydrogen) atoms. The van der Waals surface area contributed by atoms with Crippen molar-refractivity contribution in [1.82, 2.24) is 0 Å². The monoisotopic (exact) mass is 384 g/mol. The number of para-hydroxylation sites is 1. The fourth-order valence-electron chi connectivity index (χ4n) is 1.20. The molecule has 0 aromatic heterocycles. The third-order valence-electron chi connectivity index (χ3n) is 2.09. The number of rotatable bonds is 8. The van der Waals surface area contributed by atoms with Gasteiger partial charge in [-0.3, -0.25) is 9.42 Å². The Labute approximate surface area is 135 Å². The minimum Gasteiger partial charge on any atom is -0.403 e. The van der Waals surface area contributed by atoms with Gasteiger partial charge in [0.25, 0.3) is 0 Å². The molecule has 0 amide bonds. The molecular formula is C11H14ClF4O4PS. The van der Waals surface area contributed by atoms with Crippen molar-refractivity contribution in [3.8, 4) is 5.75 Å². The number of alkyl halides is 4. The van der Waals surface area contributed by atoms with Gasteiger partial charge in [0.05, 0.1) is 17.3 Å². The van der Waals surface area contributed by atoms with Crippen LogP contribution in [0.3, 0.4) is 0 Å². The Balaban J connectivity index is 0.00000441. The molecule has 1 unspecified atom stereocenters. The summed E-state index contributed by atoms with van der Waals surface area (Å²) in [6, 6.07) is 5.47. The maximum Gasteiger partial charge on any atom is 0.527 e. The molecular weight excluding hydrogens is 371 g/mol. The van der Waals surface area contributed by atoms with Crippen molar-refractivity contribution in [2.75, 3.05) is 12.4 Å². The average molecular weight is 385 g/mol. The Hall–Kier alpha value is -0.470. The van der Waals surface area contributed by atoms with Gasteiger partial charge in [0.1, 0.15) is 5.75 Å². The predicted molar refractivity (Wildman–Crippen MR) is 77.4 cm³/mol. The number of phosphoric ester groups is 1. The number of thioether (sulfide) groups is 1.